The molecular formula is C26H24N6O9S2. The first-order chi connectivity index (χ1) is 20.5. The molecule has 1 fully saturated rings. The van der Waals surface area contributed by atoms with Gasteiger partial charge in [-0.05, 0) is 17.7 Å². The van der Waals surface area contributed by atoms with Gasteiger partial charge in [0.15, 0.2) is 47.7 Å². The standard InChI is InChI=1S/C26H24N6O9S2/c27-26-28-14(11-43-26)20(32(41)19(25(39)40)12-4-5-15(33)16(34)8-12)21(35)29-17-22(36)31-18(24(37)38)13(10-42-23(17)31)9-30-6-2-1-3-7-30/h1-8,11,17,19-20,23,41H,9-10H2,(H6-,27,28,29,33,34,35,37,38,39,40)/t17-,19?,20?,23-/m1/s1. The number of hydrogen-bond donors (Lipinski definition) is 6. The van der Waals surface area contributed by atoms with Crippen LogP contribution in [0, 0.1) is 0 Å². The first-order valence-corrected chi connectivity index (χ1v) is 14.5. The molecule has 2 amide bonds. The SMILES string of the molecule is Nc1nc(C(C(=O)N[C@@H]2C(=O)N3C(C(=O)[O-])=C(C[n+]4ccccc4)CS[C@H]23)N(O)C(C(=O)O)c2ccc(O)c(O)c2)cs1. The normalized spacial score (nSPS) is 19.4. The highest BCUT2D eigenvalue weighted by Gasteiger charge is 2.54. The third-order valence-electron chi connectivity index (χ3n) is 6.84. The molecule has 7 N–H and O–H groups in total. The number of benzene rings is 1. The Bertz CT molecular complexity index is 1630. The van der Waals surface area contributed by atoms with E-state index in [0.29, 0.717) is 5.57 Å². The van der Waals surface area contributed by atoms with Crippen LogP contribution in [0.15, 0.2) is 65.4 Å². The molecule has 0 radical (unpaired) electrons. The molecule has 1 saturated heterocycles. The monoisotopic (exact) mass is 628 g/mol. The predicted molar refractivity (Wildman–Crippen MR) is 147 cm³/mol. The molecule has 2 aromatic heterocycles. The van der Waals surface area contributed by atoms with Gasteiger partial charge in [-0.15, -0.1) is 23.1 Å². The zero-order valence-corrected chi connectivity index (χ0v) is 23.6. The number of nitrogens with zero attached hydrogens (tertiary/aromatic N) is 4. The Balaban J connectivity index is 1.41. The number of thioether (sulfide) groups is 1. The van der Waals surface area contributed by atoms with Crippen LogP contribution in [0.1, 0.15) is 23.3 Å². The first-order valence-electron chi connectivity index (χ1n) is 12.5. The second kappa shape index (κ2) is 11.9. The molecule has 17 heteroatoms. The lowest BCUT2D eigenvalue weighted by Crippen LogP contribution is -2.71. The van der Waals surface area contributed by atoms with Gasteiger partial charge < -0.3 is 41.5 Å². The molecule has 15 nitrogen and oxygen atoms in total. The number of nitrogens with two attached hydrogens (primary N) is 1. The van der Waals surface area contributed by atoms with Gasteiger partial charge in [0.1, 0.15) is 11.4 Å². The molecule has 2 unspecified atom stereocenters. The van der Waals surface area contributed by atoms with Gasteiger partial charge in [0, 0.05) is 28.8 Å². The fourth-order valence-electron chi connectivity index (χ4n) is 4.87. The van der Waals surface area contributed by atoms with Crippen molar-refractivity contribution in [3.05, 3.63) is 76.7 Å². The van der Waals surface area contributed by atoms with Crippen LogP contribution < -0.4 is 20.7 Å². The van der Waals surface area contributed by atoms with Crippen LogP contribution in [0.3, 0.4) is 0 Å². The number of amides is 2. The van der Waals surface area contributed by atoms with Crippen LogP contribution in [0.5, 0.6) is 11.5 Å². The zero-order chi connectivity index (χ0) is 31.0. The van der Waals surface area contributed by atoms with Crippen LogP contribution in [-0.4, -0.2) is 76.4 Å². The van der Waals surface area contributed by atoms with Gasteiger partial charge in [0.25, 0.3) is 5.91 Å². The molecule has 224 valence electrons. The largest absolute Gasteiger partial charge is 0.543 e. The number of nitrogen functional groups attached to an aromatic ring is 1. The number of nitrogens with one attached hydrogen (secondary N) is 1. The number of aromatic hydroxyl groups is 2. The van der Waals surface area contributed by atoms with Gasteiger partial charge in [0.2, 0.25) is 5.91 Å². The summed E-state index contributed by atoms with van der Waals surface area (Å²) in [7, 11) is 0. The Hall–Kier alpha value is -4.71. The third-order valence-corrected chi connectivity index (χ3v) is 8.87. The van der Waals surface area contributed by atoms with Gasteiger partial charge >= 0.3 is 5.97 Å². The van der Waals surface area contributed by atoms with E-state index in [1.165, 1.54) is 17.1 Å². The minimum atomic E-state index is -1.94. The number of phenols is 2. The van der Waals surface area contributed by atoms with Crippen molar-refractivity contribution in [1.29, 1.82) is 0 Å². The average Bonchev–Trinajstić information content (AvgIpc) is 3.39. The Labute approximate surface area is 251 Å². The number of carbonyl (C=O) groups excluding carboxylic acids is 3. The van der Waals surface area contributed by atoms with Crippen molar-refractivity contribution in [1.82, 2.24) is 20.3 Å². The van der Waals surface area contributed by atoms with Crippen LogP contribution in [0.25, 0.3) is 0 Å². The topological polar surface area (TPSA) is 234 Å². The molecule has 4 heterocycles. The van der Waals surface area contributed by atoms with Crippen molar-refractivity contribution >= 4 is 52.0 Å². The van der Waals surface area contributed by atoms with Crippen molar-refractivity contribution < 1.29 is 49.4 Å². The Morgan fingerprint density at radius 1 is 1.19 bits per heavy atom. The molecule has 2 aliphatic rings. The van der Waals surface area contributed by atoms with Crippen molar-refractivity contribution in [2.24, 2.45) is 0 Å². The molecule has 43 heavy (non-hydrogen) atoms. The second-order valence-electron chi connectivity index (χ2n) is 9.57. The van der Waals surface area contributed by atoms with Gasteiger partial charge in [-0.2, -0.15) is 5.06 Å². The van der Waals surface area contributed by atoms with E-state index >= 15 is 0 Å². The lowest BCUT2D eigenvalue weighted by molar-refractivity contribution is -0.689. The van der Waals surface area contributed by atoms with Crippen molar-refractivity contribution in [2.45, 2.75) is 30.0 Å². The maximum atomic E-state index is 13.6. The molecule has 5 rings (SSSR count). The highest BCUT2D eigenvalue weighted by atomic mass is 32.2. The number of hydroxylamine groups is 2. The first kappa shape index (κ1) is 29.8. The number of aliphatic carboxylic acids is 2. The Kier molecular flexibility index (Phi) is 8.23. The van der Waals surface area contributed by atoms with Crippen LogP contribution in [-0.2, 0) is 25.7 Å². The quantitative estimate of drug-likeness (QED) is 0.0691. The number of fused-ring (bicyclic) bond motifs is 1. The molecular weight excluding hydrogens is 604 g/mol. The lowest BCUT2D eigenvalue weighted by Gasteiger charge is -2.50. The van der Waals surface area contributed by atoms with E-state index in [9.17, 15) is 44.8 Å². The minimum absolute atomic E-state index is 0.0108. The van der Waals surface area contributed by atoms with E-state index in [0.717, 1.165) is 34.4 Å². The Morgan fingerprint density at radius 2 is 1.91 bits per heavy atom. The number of hydrogen-bond acceptors (Lipinski definition) is 13. The number of aromatic nitrogens is 2. The molecule has 0 saturated carbocycles. The van der Waals surface area contributed by atoms with Gasteiger partial charge in [-0.25, -0.2) is 9.55 Å². The van der Waals surface area contributed by atoms with E-state index in [1.54, 1.807) is 35.2 Å². The fourth-order valence-corrected chi connectivity index (χ4v) is 6.79. The minimum Gasteiger partial charge on any atom is -0.543 e. The number of phenolic OH excluding ortho intramolecular Hbond substituents is 2. The van der Waals surface area contributed by atoms with Crippen molar-refractivity contribution in [3.63, 3.8) is 0 Å². The van der Waals surface area contributed by atoms with Crippen molar-refractivity contribution in [2.75, 3.05) is 11.5 Å². The summed E-state index contributed by atoms with van der Waals surface area (Å²) in [5.74, 6) is -5.90. The third kappa shape index (κ3) is 5.70. The predicted octanol–water partition coefficient (Wildman–Crippen LogP) is -0.914. The maximum absolute atomic E-state index is 13.6. The number of thiazole rings is 1. The molecule has 2 aliphatic heterocycles. The molecule has 1 aromatic carbocycles. The smallest absolute Gasteiger partial charge is 0.327 e. The summed E-state index contributed by atoms with van der Waals surface area (Å²) >= 11 is 2.14. The average molecular weight is 629 g/mol. The summed E-state index contributed by atoms with van der Waals surface area (Å²) < 4.78 is 1.75. The number of carboxylic acids is 2. The summed E-state index contributed by atoms with van der Waals surface area (Å²) in [5.41, 5.74) is 5.56. The number of β-lactam (4-membered cyclic amide) rings is 1. The molecule has 4 atom stereocenters. The van der Waals surface area contributed by atoms with Crippen LogP contribution >= 0.6 is 23.1 Å². The molecule has 0 aliphatic carbocycles. The number of pyridine rings is 1. The van der Waals surface area contributed by atoms with Crippen LogP contribution in [0.4, 0.5) is 5.13 Å². The second-order valence-corrected chi connectivity index (χ2v) is 11.6. The van der Waals surface area contributed by atoms with Gasteiger partial charge in [0.05, 0.1) is 17.4 Å². The van der Waals surface area contributed by atoms with E-state index < -0.39 is 58.8 Å². The summed E-state index contributed by atoms with van der Waals surface area (Å²) in [6, 6.07) is 3.44. The molecule has 0 spiro atoms. The fraction of sp³-hybridized carbons (Fsp3) is 0.231. The zero-order valence-electron chi connectivity index (χ0n) is 21.9. The summed E-state index contributed by atoms with van der Waals surface area (Å²) in [6.45, 7) is 0.195. The van der Waals surface area contributed by atoms with Gasteiger partial charge in [-0.3, -0.25) is 19.3 Å². The lowest BCUT2D eigenvalue weighted by atomic mass is 10.0. The number of carbonyl (C=O) groups is 4. The molecule has 3 aromatic rings. The summed E-state index contributed by atoms with van der Waals surface area (Å²) in [6.07, 6.45) is 3.49. The van der Waals surface area contributed by atoms with Crippen LogP contribution in [0.2, 0.25) is 0 Å². The van der Waals surface area contributed by atoms with E-state index in [-0.39, 0.29) is 39.4 Å². The maximum Gasteiger partial charge on any atom is 0.327 e. The number of anilines is 1. The highest BCUT2D eigenvalue weighted by Crippen LogP contribution is 2.41. The van der Waals surface area contributed by atoms with Crippen molar-refractivity contribution in [3.8, 4) is 11.5 Å². The molecule has 0 bridgehead atoms. The number of rotatable bonds is 10. The number of carboxylic acid groups (broad SMARTS) is 2. The highest BCUT2D eigenvalue weighted by molar-refractivity contribution is 8.00. The summed E-state index contributed by atoms with van der Waals surface area (Å²) in [4.78, 5) is 56.2. The Morgan fingerprint density at radius 3 is 2.51 bits per heavy atom. The van der Waals surface area contributed by atoms with E-state index in [2.05, 4.69) is 10.3 Å². The summed E-state index contributed by atoms with van der Waals surface area (Å²) in [5, 5.41) is 55.9. The van der Waals surface area contributed by atoms with Gasteiger partial charge in [-0.1, -0.05) is 12.1 Å². The van der Waals surface area contributed by atoms with E-state index in [4.69, 9.17) is 5.73 Å². The van der Waals surface area contributed by atoms with E-state index in [1.807, 2.05) is 0 Å².